The molecule has 0 amide bonds. The van der Waals surface area contributed by atoms with Crippen LogP contribution in [0.4, 0.5) is 44.4 Å². The van der Waals surface area contributed by atoms with Crippen LogP contribution < -0.4 is 24.6 Å². The molecule has 1 aliphatic heterocycles. The lowest BCUT2D eigenvalue weighted by Crippen LogP contribution is -2.23. The number of aliphatic imine (C=N–C) groups is 3. The molecule has 0 saturated heterocycles. The second kappa shape index (κ2) is 23.8. The van der Waals surface area contributed by atoms with Crippen molar-refractivity contribution < 1.29 is 58.0 Å². The summed E-state index contributed by atoms with van der Waals surface area (Å²) >= 11 is 2.21. The number of aromatic nitrogens is 2. The van der Waals surface area contributed by atoms with Gasteiger partial charge in [0.1, 0.15) is 38.5 Å². The number of hydrogen-bond donors (Lipinski definition) is 4. The minimum atomic E-state index is -4.89. The lowest BCUT2D eigenvalue weighted by Gasteiger charge is -2.25. The molecule has 69 heavy (non-hydrogen) atoms. The minimum Gasteiger partial charge on any atom is -0.494 e. The van der Waals surface area contributed by atoms with Crippen LogP contribution in [0.3, 0.4) is 0 Å². The van der Waals surface area contributed by atoms with Crippen LogP contribution >= 0.6 is 34.4 Å². The van der Waals surface area contributed by atoms with Crippen LogP contribution in [0.2, 0.25) is 0 Å². The van der Waals surface area contributed by atoms with Gasteiger partial charge in [0.05, 0.1) is 47.8 Å². The van der Waals surface area contributed by atoms with E-state index in [1.807, 2.05) is 37.5 Å². The van der Waals surface area contributed by atoms with Crippen molar-refractivity contribution in [2.45, 2.75) is 57.0 Å². The van der Waals surface area contributed by atoms with Crippen molar-refractivity contribution in [1.29, 1.82) is 0 Å². The van der Waals surface area contributed by atoms with E-state index < -0.39 is 55.9 Å². The number of hydrogen-bond acceptors (Lipinski definition) is 23. The summed E-state index contributed by atoms with van der Waals surface area (Å²) in [6.45, 7) is 9.96. The Bertz CT molecular complexity index is 3050. The third-order valence-electron chi connectivity index (χ3n) is 9.56. The summed E-state index contributed by atoms with van der Waals surface area (Å²) in [7, 11) is -11.2. The Morgan fingerprint density at radius 2 is 1.22 bits per heavy atom. The molecule has 25 nitrogen and oxygen atoms in total. The maximum absolute atomic E-state index is 11.9. The number of carbonyl (C=O) groups is 2. The fourth-order valence-electron chi connectivity index (χ4n) is 6.37. The molecule has 5 rings (SSSR count). The largest absolute Gasteiger partial charge is 0.494 e. The number of thioether (sulfide) groups is 1. The van der Waals surface area contributed by atoms with Crippen LogP contribution in [-0.2, 0) is 30.4 Å². The van der Waals surface area contributed by atoms with Crippen molar-refractivity contribution in [3.05, 3.63) is 34.0 Å². The van der Waals surface area contributed by atoms with Gasteiger partial charge in [-0.2, -0.15) is 30.2 Å². The highest BCUT2D eigenvalue weighted by Crippen LogP contribution is 2.43. The lowest BCUT2D eigenvalue weighted by molar-refractivity contribution is 0.111. The van der Waals surface area contributed by atoms with Gasteiger partial charge < -0.3 is 24.6 Å². The first-order valence-corrected chi connectivity index (χ1v) is 27.5. The van der Waals surface area contributed by atoms with Crippen molar-refractivity contribution in [2.75, 3.05) is 67.0 Å². The molecule has 4 N–H and O–H groups in total. The molecule has 2 aromatic carbocycles. The molecule has 2 aromatic heterocycles. The van der Waals surface area contributed by atoms with E-state index in [9.17, 15) is 48.5 Å². The zero-order chi connectivity index (χ0) is 50.7. The number of benzene rings is 2. The number of aldehydes is 2. The number of thiazole rings is 2. The smallest absolute Gasteiger partial charge is 0.313 e. The van der Waals surface area contributed by atoms with E-state index in [2.05, 4.69) is 35.7 Å². The zero-order valence-electron chi connectivity index (χ0n) is 37.6. The van der Waals surface area contributed by atoms with Gasteiger partial charge in [-0.25, -0.2) is 20.0 Å². The van der Waals surface area contributed by atoms with Gasteiger partial charge in [-0.1, -0.05) is 22.7 Å². The third kappa shape index (κ3) is 14.4. The monoisotopic (exact) mass is 1070 g/mol. The predicted molar refractivity (Wildman–Crippen MR) is 264 cm³/mol. The van der Waals surface area contributed by atoms with Crippen LogP contribution in [0.15, 0.2) is 69.8 Å². The standard InChI is InChI=1S/C38H46N12O13S6/c1-7-49(8-2)26-16-22(24(18-28(26)62-5)45-47-37-43-34(68(56,57)58)30(20-51)65-37)39-32-12-11-13-33(64-14-15-67(53,54)55)42-36(41-32)40-23-17-27(50(9-3)10-4)29(63-6)19-25(23)46-48-38-44-35(69(59,60)61)31(21-52)66-38/h16-21H,7-15H2,1-6H3,(H,39,40,41)(H,53,54,55)(H,56,57,58)(H,59,60,61). The number of ether oxygens (including phenoxy) is 2. The van der Waals surface area contributed by atoms with E-state index in [-0.39, 0.29) is 58.0 Å². The van der Waals surface area contributed by atoms with Crippen LogP contribution in [0.1, 0.15) is 66.3 Å². The number of anilines is 3. The van der Waals surface area contributed by atoms with Gasteiger partial charge in [0, 0.05) is 50.5 Å². The Morgan fingerprint density at radius 1 is 0.710 bits per heavy atom. The van der Waals surface area contributed by atoms with Gasteiger partial charge in [0.25, 0.3) is 16.1 Å². The number of carbonyl (C=O) groups excluding carboxylic acids is 2. The first-order chi connectivity index (χ1) is 32.7. The molecular formula is C38H46N12O13S6. The number of rotatable bonds is 21. The molecule has 372 valence electrons. The van der Waals surface area contributed by atoms with Crippen molar-refractivity contribution >= 4 is 139 Å². The van der Waals surface area contributed by atoms with Crippen molar-refractivity contribution in [1.82, 2.24) is 9.97 Å². The van der Waals surface area contributed by atoms with Crippen LogP contribution in [-0.4, -0.2) is 130 Å². The van der Waals surface area contributed by atoms with Gasteiger partial charge in [0.2, 0.25) is 20.3 Å². The maximum atomic E-state index is 11.9. The summed E-state index contributed by atoms with van der Waals surface area (Å²) in [5, 5.41) is 18.2. The van der Waals surface area contributed by atoms with Gasteiger partial charge in [0.15, 0.2) is 12.6 Å². The Hall–Kier alpha value is -5.67. The van der Waals surface area contributed by atoms with Crippen LogP contribution in [0.25, 0.3) is 0 Å². The number of nitrogens with zero attached hydrogens (tertiary/aromatic N) is 11. The molecule has 0 bridgehead atoms. The summed E-state index contributed by atoms with van der Waals surface area (Å²) in [4.78, 5) is 48.4. The molecule has 0 fully saturated rings. The molecular weight excluding hydrogens is 1020 g/mol. The normalized spacial score (nSPS) is 14.4. The van der Waals surface area contributed by atoms with E-state index in [0.29, 0.717) is 101 Å². The summed E-state index contributed by atoms with van der Waals surface area (Å²) in [6.07, 6.45) is 1.39. The van der Waals surface area contributed by atoms with Crippen molar-refractivity contribution in [3.63, 3.8) is 0 Å². The number of methoxy groups -OCH3 is 2. The first kappa shape index (κ1) is 54.3. The van der Waals surface area contributed by atoms with Gasteiger partial charge >= 0.3 is 20.2 Å². The van der Waals surface area contributed by atoms with E-state index in [1.54, 1.807) is 18.2 Å². The Balaban J connectivity index is 1.74. The highest BCUT2D eigenvalue weighted by atomic mass is 32.2. The number of amidine groups is 1. The SMILES string of the molecule is CCN(CC)c1cc(N=C2N=C(Nc3cc(N(CC)CC)c(OC)cc3N=Nc3nc(S(=O)(=O)O)c(C=O)s3)CCCC(SCCS(=O)(=O)O)=N2)c(N=Nc2nc(S(=O)(=O)O)c(C=O)s2)cc1OC. The summed E-state index contributed by atoms with van der Waals surface area (Å²) < 4.78 is 111. The molecule has 4 aromatic rings. The summed E-state index contributed by atoms with van der Waals surface area (Å²) in [6, 6.07) is 6.45. The van der Waals surface area contributed by atoms with Gasteiger partial charge in [-0.15, -0.1) is 32.2 Å². The van der Waals surface area contributed by atoms with E-state index in [4.69, 9.17) is 24.5 Å². The number of guanidine groups is 1. The third-order valence-corrected chi connectivity index (χ3v) is 15.2. The second-order valence-corrected chi connectivity index (χ2v) is 21.3. The summed E-state index contributed by atoms with van der Waals surface area (Å²) in [5.74, 6) is 0.241. The first-order valence-electron chi connectivity index (χ1n) is 20.4. The molecule has 0 spiro atoms. The second-order valence-electron chi connectivity index (χ2n) is 13.9. The Kier molecular flexibility index (Phi) is 18.7. The Labute approximate surface area is 409 Å². The average molecular weight is 1070 g/mol. The summed E-state index contributed by atoms with van der Waals surface area (Å²) in [5.41, 5.74) is 1.83. The fraction of sp³-hybridized carbons (Fsp3) is 0.395. The molecule has 1 aliphatic rings. The quantitative estimate of drug-likeness (QED) is 0.0349. The number of azo groups is 2. The molecule has 0 radical (unpaired) electrons. The molecule has 31 heteroatoms. The number of nitrogens with one attached hydrogen (secondary N) is 1. The Morgan fingerprint density at radius 3 is 1.68 bits per heavy atom. The highest BCUT2D eigenvalue weighted by Gasteiger charge is 2.25. The molecule has 0 atom stereocenters. The van der Waals surface area contributed by atoms with Gasteiger partial charge in [-0.3, -0.25) is 23.2 Å². The van der Waals surface area contributed by atoms with E-state index >= 15 is 0 Å². The zero-order valence-corrected chi connectivity index (χ0v) is 42.5. The molecule has 0 unspecified atom stereocenters. The predicted octanol–water partition coefficient (Wildman–Crippen LogP) is 7.96. The minimum absolute atomic E-state index is 0.0351. The topological polar surface area (TPSA) is 347 Å². The molecule has 0 aliphatic carbocycles. The lowest BCUT2D eigenvalue weighted by atomic mass is 10.1. The van der Waals surface area contributed by atoms with E-state index in [0.717, 1.165) is 11.8 Å². The van der Waals surface area contributed by atoms with Crippen LogP contribution in [0, 0.1) is 0 Å². The van der Waals surface area contributed by atoms with Crippen molar-refractivity contribution in [3.8, 4) is 11.5 Å². The fourth-order valence-corrected chi connectivity index (χ4v) is 11.4. The molecule has 0 saturated carbocycles. The highest BCUT2D eigenvalue weighted by molar-refractivity contribution is 8.14. The van der Waals surface area contributed by atoms with Crippen LogP contribution in [0.5, 0.6) is 11.5 Å². The van der Waals surface area contributed by atoms with Gasteiger partial charge in [-0.05, 0) is 52.7 Å². The molecule has 3 heterocycles. The maximum Gasteiger partial charge on any atom is 0.313 e. The van der Waals surface area contributed by atoms with E-state index in [1.165, 1.54) is 20.3 Å². The van der Waals surface area contributed by atoms with Crippen molar-refractivity contribution in [2.24, 2.45) is 35.4 Å². The average Bonchev–Trinajstić information content (AvgIpc) is 3.93.